The Bertz CT molecular complexity index is 436. The third-order valence-electron chi connectivity index (χ3n) is 4.07. The predicted octanol–water partition coefficient (Wildman–Crippen LogP) is 4.37. The van der Waals surface area contributed by atoms with Gasteiger partial charge < -0.3 is 23.0 Å². The van der Waals surface area contributed by atoms with Gasteiger partial charge in [0.15, 0.2) is 0 Å². The van der Waals surface area contributed by atoms with Gasteiger partial charge in [-0.1, -0.05) is 6.42 Å². The minimum absolute atomic E-state index is 0.0441. The normalized spacial score (nSPS) is 18.4. The molecule has 0 aromatic heterocycles. The summed E-state index contributed by atoms with van der Waals surface area (Å²) >= 11 is 0. The second kappa shape index (κ2) is 11.9. The van der Waals surface area contributed by atoms with Crippen molar-refractivity contribution in [3.05, 3.63) is 0 Å². The molecule has 1 rings (SSSR count). The number of hydrogen-bond acceptors (Lipinski definition) is 7. The van der Waals surface area contributed by atoms with Crippen molar-refractivity contribution >= 4 is 15.2 Å². The van der Waals surface area contributed by atoms with E-state index in [4.69, 9.17) is 18.1 Å². The van der Waals surface area contributed by atoms with Crippen LogP contribution < -0.4 is 0 Å². The van der Waals surface area contributed by atoms with Crippen molar-refractivity contribution in [3.8, 4) is 0 Å². The molecular weight excluding hydrogens is 364 g/mol. The monoisotopic (exact) mass is 399 g/mol. The second-order valence-corrected chi connectivity index (χ2v) is 10.4. The Hall–Kier alpha value is 0.260. The van der Waals surface area contributed by atoms with Gasteiger partial charge in [-0.15, -0.1) is 0 Å². The van der Waals surface area contributed by atoms with E-state index in [0.29, 0.717) is 6.54 Å². The molecule has 9 heteroatoms. The van der Waals surface area contributed by atoms with Crippen LogP contribution in [0.3, 0.4) is 0 Å². The molecule has 0 N–H and O–H groups in total. The molecule has 0 amide bonds. The maximum atomic E-state index is 13.4. The Balaban J connectivity index is 3.02. The molecule has 1 fully saturated rings. The highest BCUT2D eigenvalue weighted by molar-refractivity contribution is 7.58. The smallest absolute Gasteiger partial charge is 0.309 e. The lowest BCUT2D eigenvalue weighted by atomic mass is 10.1. The van der Waals surface area contributed by atoms with Crippen LogP contribution in [-0.4, -0.2) is 62.8 Å². The first-order chi connectivity index (χ1) is 11.9. The van der Waals surface area contributed by atoms with Gasteiger partial charge in [-0.3, -0.25) is 9.13 Å². The summed E-state index contributed by atoms with van der Waals surface area (Å²) in [5.41, 5.74) is -0.533. The summed E-state index contributed by atoms with van der Waals surface area (Å²) in [7, 11) is -6.76. The van der Waals surface area contributed by atoms with Crippen molar-refractivity contribution in [2.45, 2.75) is 52.6 Å². The summed E-state index contributed by atoms with van der Waals surface area (Å²) in [6.07, 6.45) is 3.50. The van der Waals surface area contributed by atoms with E-state index in [2.05, 4.69) is 4.90 Å². The zero-order valence-electron chi connectivity index (χ0n) is 16.1. The van der Waals surface area contributed by atoms with Crippen molar-refractivity contribution in [1.82, 2.24) is 4.90 Å². The highest BCUT2D eigenvalue weighted by Crippen LogP contribution is 2.60. The van der Waals surface area contributed by atoms with Gasteiger partial charge in [-0.25, -0.2) is 0 Å². The van der Waals surface area contributed by atoms with Crippen LogP contribution in [-0.2, 0) is 27.2 Å². The van der Waals surface area contributed by atoms with E-state index < -0.39 is 20.9 Å². The van der Waals surface area contributed by atoms with Gasteiger partial charge in [-0.2, -0.15) is 0 Å². The second-order valence-electron chi connectivity index (χ2n) is 6.02. The molecule has 1 atom stereocenters. The summed E-state index contributed by atoms with van der Waals surface area (Å²) in [5, 5.41) is 0. The fourth-order valence-corrected chi connectivity index (χ4v) is 7.85. The van der Waals surface area contributed by atoms with Crippen LogP contribution in [0.4, 0.5) is 0 Å². The average molecular weight is 399 g/mol. The lowest BCUT2D eigenvalue weighted by Crippen LogP contribution is -2.38. The van der Waals surface area contributed by atoms with Crippen molar-refractivity contribution < 1.29 is 27.2 Å². The highest BCUT2D eigenvalue weighted by Gasteiger charge is 2.42. The van der Waals surface area contributed by atoms with E-state index in [1.807, 2.05) is 0 Å². The summed E-state index contributed by atoms with van der Waals surface area (Å²) < 4.78 is 48.3. The van der Waals surface area contributed by atoms with Crippen molar-refractivity contribution in [2.75, 3.05) is 52.2 Å². The van der Waals surface area contributed by atoms with Gasteiger partial charge in [0.05, 0.1) is 38.2 Å². The van der Waals surface area contributed by atoms with Gasteiger partial charge in [0.1, 0.15) is 0 Å². The number of rotatable bonds is 13. The van der Waals surface area contributed by atoms with E-state index >= 15 is 0 Å². The quantitative estimate of drug-likeness (QED) is 0.426. The Labute approximate surface area is 152 Å². The van der Waals surface area contributed by atoms with Crippen LogP contribution in [0.2, 0.25) is 0 Å². The molecule has 0 saturated carbocycles. The number of piperidine rings is 1. The van der Waals surface area contributed by atoms with Gasteiger partial charge in [0, 0.05) is 6.54 Å². The van der Waals surface area contributed by atoms with Gasteiger partial charge >= 0.3 is 15.2 Å². The zero-order chi connectivity index (χ0) is 18.8. The van der Waals surface area contributed by atoms with Crippen LogP contribution in [0.5, 0.6) is 0 Å². The van der Waals surface area contributed by atoms with Crippen LogP contribution in [0.15, 0.2) is 0 Å². The minimum Gasteiger partial charge on any atom is -0.309 e. The SMILES string of the molecule is CCOP(=O)(C[C@@H](CN1CCCCC1)P(=O)(OCC)OCC)OCC. The molecule has 0 aliphatic carbocycles. The summed E-state index contributed by atoms with van der Waals surface area (Å²) in [6, 6.07) is 0. The molecule has 0 aromatic carbocycles. The fraction of sp³-hybridized carbons (Fsp3) is 1.00. The average Bonchev–Trinajstić information content (AvgIpc) is 2.56. The molecule has 0 aromatic rings. The maximum absolute atomic E-state index is 13.4. The molecule has 7 nitrogen and oxygen atoms in total. The predicted molar refractivity (Wildman–Crippen MR) is 101 cm³/mol. The number of nitrogens with zero attached hydrogens (tertiary/aromatic N) is 1. The Morgan fingerprint density at radius 2 is 1.28 bits per heavy atom. The van der Waals surface area contributed by atoms with Crippen LogP contribution in [0.25, 0.3) is 0 Å². The lowest BCUT2D eigenvalue weighted by Gasteiger charge is -2.34. The summed E-state index contributed by atoms with van der Waals surface area (Å²) in [4.78, 5) is 2.25. The Morgan fingerprint density at radius 1 is 0.800 bits per heavy atom. The molecule has 150 valence electrons. The topological polar surface area (TPSA) is 74.3 Å². The number of hydrogen-bond donors (Lipinski definition) is 0. The van der Waals surface area contributed by atoms with E-state index in [1.54, 1.807) is 27.7 Å². The molecule has 0 bridgehead atoms. The molecular formula is C16H35NO6P2. The molecule has 0 radical (unpaired) electrons. The van der Waals surface area contributed by atoms with E-state index in [1.165, 1.54) is 6.42 Å². The largest absolute Gasteiger partial charge is 0.335 e. The highest BCUT2D eigenvalue weighted by atomic mass is 31.2. The molecule has 0 spiro atoms. The van der Waals surface area contributed by atoms with Crippen molar-refractivity contribution in [2.24, 2.45) is 0 Å². The van der Waals surface area contributed by atoms with Crippen molar-refractivity contribution in [1.29, 1.82) is 0 Å². The summed E-state index contributed by atoms with van der Waals surface area (Å²) in [6.45, 7) is 10.6. The van der Waals surface area contributed by atoms with Crippen LogP contribution >= 0.6 is 15.2 Å². The Kier molecular flexibility index (Phi) is 11.1. The van der Waals surface area contributed by atoms with Gasteiger partial charge in [0.25, 0.3) is 0 Å². The lowest BCUT2D eigenvalue weighted by molar-refractivity contribution is 0.182. The first-order valence-corrected chi connectivity index (χ1v) is 12.8. The molecule has 1 heterocycles. The molecule has 1 aliphatic rings. The number of likely N-dealkylation sites (tertiary alicyclic amines) is 1. The van der Waals surface area contributed by atoms with Crippen molar-refractivity contribution in [3.63, 3.8) is 0 Å². The molecule has 25 heavy (non-hydrogen) atoms. The zero-order valence-corrected chi connectivity index (χ0v) is 17.9. The van der Waals surface area contributed by atoms with Gasteiger partial charge in [-0.05, 0) is 53.6 Å². The molecule has 1 saturated heterocycles. The summed E-state index contributed by atoms with van der Waals surface area (Å²) in [5.74, 6) is 0. The van der Waals surface area contributed by atoms with E-state index in [-0.39, 0.29) is 32.6 Å². The minimum atomic E-state index is -3.41. The molecule has 0 unspecified atom stereocenters. The van der Waals surface area contributed by atoms with E-state index in [9.17, 15) is 9.13 Å². The Morgan fingerprint density at radius 3 is 1.72 bits per heavy atom. The van der Waals surface area contributed by atoms with Gasteiger partial charge in [0.2, 0.25) is 0 Å². The fourth-order valence-electron chi connectivity index (χ4n) is 3.10. The third kappa shape index (κ3) is 7.80. The first-order valence-electron chi connectivity index (χ1n) is 9.42. The van der Waals surface area contributed by atoms with Crippen LogP contribution in [0, 0.1) is 0 Å². The van der Waals surface area contributed by atoms with E-state index in [0.717, 1.165) is 25.9 Å². The third-order valence-corrected chi connectivity index (χ3v) is 9.02. The maximum Gasteiger partial charge on any atom is 0.335 e. The molecule has 1 aliphatic heterocycles. The van der Waals surface area contributed by atoms with Crippen LogP contribution in [0.1, 0.15) is 47.0 Å². The first kappa shape index (κ1) is 23.3. The standard InChI is InChI=1S/C16H35NO6P2/c1-5-20-24(18,21-6-2)15-16(14-17-12-10-9-11-13-17)25(19,22-7-3)23-8-4/h16H,5-15H2,1-4H3/t16-/m1/s1.